The smallest absolute Gasteiger partial charge is 0.224 e. The van der Waals surface area contributed by atoms with Crippen molar-refractivity contribution in [1.29, 1.82) is 0 Å². The zero-order valence-corrected chi connectivity index (χ0v) is 12.7. The zero-order chi connectivity index (χ0) is 13.5. The summed E-state index contributed by atoms with van der Waals surface area (Å²) in [6.07, 6.45) is 4.10. The summed E-state index contributed by atoms with van der Waals surface area (Å²) in [4.78, 5) is 11.8. The summed E-state index contributed by atoms with van der Waals surface area (Å²) < 4.78 is 1.04. The lowest BCUT2D eigenvalue weighted by Gasteiger charge is -2.22. The molecule has 1 amide bonds. The molecular weight excluding hydrogens is 304 g/mol. The van der Waals surface area contributed by atoms with E-state index in [1.807, 2.05) is 24.3 Å². The van der Waals surface area contributed by atoms with Gasteiger partial charge in [0.25, 0.3) is 0 Å². The van der Waals surface area contributed by atoms with Crippen LogP contribution in [0.1, 0.15) is 24.8 Å². The monoisotopic (exact) mass is 324 g/mol. The predicted octanol–water partition coefficient (Wildman–Crippen LogP) is 2.50. The number of benzene rings is 1. The fourth-order valence-corrected chi connectivity index (χ4v) is 2.70. The third kappa shape index (κ3) is 5.33. The molecule has 0 radical (unpaired) electrons. The van der Waals surface area contributed by atoms with Crippen molar-refractivity contribution < 1.29 is 4.79 Å². The second-order valence-corrected chi connectivity index (χ2v) is 6.07. The van der Waals surface area contributed by atoms with Crippen LogP contribution in [0.5, 0.6) is 0 Å². The number of hydrogen-bond acceptors (Lipinski definition) is 2. The van der Waals surface area contributed by atoms with Gasteiger partial charge in [-0.25, -0.2) is 0 Å². The first-order valence-corrected chi connectivity index (χ1v) is 7.75. The Labute approximate surface area is 123 Å². The Morgan fingerprint density at radius 1 is 1.37 bits per heavy atom. The van der Waals surface area contributed by atoms with Gasteiger partial charge in [0, 0.05) is 11.0 Å². The van der Waals surface area contributed by atoms with Crippen LogP contribution < -0.4 is 10.6 Å². The van der Waals surface area contributed by atoms with E-state index < -0.39 is 0 Å². The molecule has 1 aromatic carbocycles. The van der Waals surface area contributed by atoms with E-state index in [0.717, 1.165) is 42.0 Å². The summed E-state index contributed by atoms with van der Waals surface area (Å²) in [5.41, 5.74) is 1.06. The van der Waals surface area contributed by atoms with E-state index in [1.54, 1.807) is 0 Å². The first kappa shape index (κ1) is 14.5. The van der Waals surface area contributed by atoms with Crippen LogP contribution in [0.15, 0.2) is 28.7 Å². The summed E-state index contributed by atoms with van der Waals surface area (Å²) in [7, 11) is 0. The maximum absolute atomic E-state index is 11.8. The van der Waals surface area contributed by atoms with E-state index in [2.05, 4.69) is 26.6 Å². The van der Waals surface area contributed by atoms with E-state index in [1.165, 1.54) is 12.8 Å². The van der Waals surface area contributed by atoms with Gasteiger partial charge in [-0.05, 0) is 56.0 Å². The van der Waals surface area contributed by atoms with Crippen LogP contribution in [-0.4, -0.2) is 25.5 Å². The third-order valence-corrected chi connectivity index (χ3v) is 4.08. The van der Waals surface area contributed by atoms with Crippen LogP contribution in [-0.2, 0) is 11.2 Å². The van der Waals surface area contributed by atoms with Gasteiger partial charge >= 0.3 is 0 Å². The van der Waals surface area contributed by atoms with Gasteiger partial charge in [0.15, 0.2) is 0 Å². The van der Waals surface area contributed by atoms with Crippen molar-refractivity contribution in [2.24, 2.45) is 5.92 Å². The molecule has 0 saturated carbocycles. The highest BCUT2D eigenvalue weighted by atomic mass is 79.9. The number of carbonyl (C=O) groups is 1. The molecule has 2 rings (SSSR count). The van der Waals surface area contributed by atoms with Gasteiger partial charge in [0.1, 0.15) is 0 Å². The number of hydrogen-bond donors (Lipinski definition) is 2. The SMILES string of the molecule is O=C(Cc1ccc(Br)cc1)NCCC1CCCNC1. The van der Waals surface area contributed by atoms with Crippen molar-refractivity contribution in [3.8, 4) is 0 Å². The highest BCUT2D eigenvalue weighted by Crippen LogP contribution is 2.13. The number of rotatable bonds is 5. The summed E-state index contributed by atoms with van der Waals surface area (Å²) >= 11 is 3.39. The Morgan fingerprint density at radius 3 is 2.84 bits per heavy atom. The van der Waals surface area contributed by atoms with Crippen molar-refractivity contribution in [1.82, 2.24) is 10.6 Å². The van der Waals surface area contributed by atoms with Gasteiger partial charge in [0.05, 0.1) is 6.42 Å². The molecule has 19 heavy (non-hydrogen) atoms. The lowest BCUT2D eigenvalue weighted by molar-refractivity contribution is -0.120. The maximum Gasteiger partial charge on any atom is 0.224 e. The molecule has 0 aromatic heterocycles. The minimum Gasteiger partial charge on any atom is -0.356 e. The summed E-state index contributed by atoms with van der Waals surface area (Å²) in [6, 6.07) is 7.90. The second kappa shape index (κ2) is 7.65. The quantitative estimate of drug-likeness (QED) is 0.873. The molecule has 0 spiro atoms. The van der Waals surface area contributed by atoms with E-state index in [-0.39, 0.29) is 5.91 Å². The van der Waals surface area contributed by atoms with E-state index in [9.17, 15) is 4.79 Å². The van der Waals surface area contributed by atoms with Crippen molar-refractivity contribution in [2.75, 3.05) is 19.6 Å². The molecule has 1 heterocycles. The molecule has 1 aromatic rings. The Morgan fingerprint density at radius 2 is 2.16 bits per heavy atom. The number of carbonyl (C=O) groups excluding carboxylic acids is 1. The van der Waals surface area contributed by atoms with Gasteiger partial charge in [-0.1, -0.05) is 28.1 Å². The van der Waals surface area contributed by atoms with Gasteiger partial charge in [-0.15, -0.1) is 0 Å². The fourth-order valence-electron chi connectivity index (χ4n) is 2.44. The Balaban J connectivity index is 1.65. The van der Waals surface area contributed by atoms with Gasteiger partial charge in [-0.3, -0.25) is 4.79 Å². The Hall–Kier alpha value is -0.870. The molecule has 1 saturated heterocycles. The van der Waals surface area contributed by atoms with Crippen LogP contribution in [0.3, 0.4) is 0 Å². The molecule has 1 unspecified atom stereocenters. The summed E-state index contributed by atoms with van der Waals surface area (Å²) in [5.74, 6) is 0.841. The minimum atomic E-state index is 0.117. The summed E-state index contributed by atoms with van der Waals surface area (Å²) in [6.45, 7) is 3.04. The molecule has 0 bridgehead atoms. The molecule has 4 heteroatoms. The largest absolute Gasteiger partial charge is 0.356 e. The van der Waals surface area contributed by atoms with Gasteiger partial charge in [-0.2, -0.15) is 0 Å². The van der Waals surface area contributed by atoms with Crippen LogP contribution >= 0.6 is 15.9 Å². The minimum absolute atomic E-state index is 0.117. The fraction of sp³-hybridized carbons (Fsp3) is 0.533. The standard InChI is InChI=1S/C15H21BrN2O/c16-14-5-3-12(4-6-14)10-15(19)18-9-7-13-2-1-8-17-11-13/h3-6,13,17H,1-2,7-11H2,(H,18,19). The molecule has 3 nitrogen and oxygen atoms in total. The van der Waals surface area contributed by atoms with Crippen molar-refractivity contribution in [3.05, 3.63) is 34.3 Å². The lowest BCUT2D eigenvalue weighted by Crippen LogP contribution is -2.33. The molecule has 0 aliphatic carbocycles. The molecule has 1 aliphatic rings. The lowest BCUT2D eigenvalue weighted by atomic mass is 9.96. The number of halogens is 1. The third-order valence-electron chi connectivity index (χ3n) is 3.55. The predicted molar refractivity (Wildman–Crippen MR) is 81.1 cm³/mol. The number of amides is 1. The summed E-state index contributed by atoms with van der Waals surface area (Å²) in [5, 5.41) is 6.42. The molecule has 1 atom stereocenters. The molecule has 2 N–H and O–H groups in total. The highest BCUT2D eigenvalue weighted by molar-refractivity contribution is 9.10. The molecule has 104 valence electrons. The van der Waals surface area contributed by atoms with E-state index >= 15 is 0 Å². The highest BCUT2D eigenvalue weighted by Gasteiger charge is 2.12. The zero-order valence-electron chi connectivity index (χ0n) is 11.1. The van der Waals surface area contributed by atoms with Gasteiger partial charge < -0.3 is 10.6 Å². The molecular formula is C15H21BrN2O. The van der Waals surface area contributed by atoms with Crippen LogP contribution in [0.4, 0.5) is 0 Å². The van der Waals surface area contributed by atoms with Crippen LogP contribution in [0.2, 0.25) is 0 Å². The number of nitrogens with one attached hydrogen (secondary N) is 2. The normalized spacial score (nSPS) is 19.1. The van der Waals surface area contributed by atoms with Crippen molar-refractivity contribution >= 4 is 21.8 Å². The van der Waals surface area contributed by atoms with E-state index in [0.29, 0.717) is 6.42 Å². The first-order chi connectivity index (χ1) is 9.24. The maximum atomic E-state index is 11.8. The van der Waals surface area contributed by atoms with E-state index in [4.69, 9.17) is 0 Å². The van der Waals surface area contributed by atoms with Crippen LogP contribution in [0.25, 0.3) is 0 Å². The van der Waals surface area contributed by atoms with Crippen LogP contribution in [0, 0.1) is 5.92 Å². The molecule has 1 aliphatic heterocycles. The average Bonchev–Trinajstić information content (AvgIpc) is 2.43. The molecule has 1 fully saturated rings. The average molecular weight is 325 g/mol. The topological polar surface area (TPSA) is 41.1 Å². The van der Waals surface area contributed by atoms with Crippen molar-refractivity contribution in [2.45, 2.75) is 25.7 Å². The van der Waals surface area contributed by atoms with Crippen molar-refractivity contribution in [3.63, 3.8) is 0 Å². The van der Waals surface area contributed by atoms with Gasteiger partial charge in [0.2, 0.25) is 5.91 Å². The second-order valence-electron chi connectivity index (χ2n) is 5.15. The Bertz CT molecular complexity index is 399. The first-order valence-electron chi connectivity index (χ1n) is 6.96. The number of piperidine rings is 1. The Kier molecular flexibility index (Phi) is 5.86.